The van der Waals surface area contributed by atoms with Gasteiger partial charge in [-0.15, -0.1) is 0 Å². The summed E-state index contributed by atoms with van der Waals surface area (Å²) in [7, 11) is 0. The molecular formula is C12H17BrN6. The van der Waals surface area contributed by atoms with E-state index in [1.165, 1.54) is 0 Å². The van der Waals surface area contributed by atoms with Crippen molar-refractivity contribution < 1.29 is 0 Å². The Labute approximate surface area is 120 Å². The lowest BCUT2D eigenvalue weighted by molar-refractivity contribution is 0.591. The van der Waals surface area contributed by atoms with Crippen molar-refractivity contribution in [3.8, 4) is 0 Å². The minimum Gasteiger partial charge on any atom is -0.369 e. The highest BCUT2D eigenvalue weighted by Crippen LogP contribution is 2.19. The average molecular weight is 325 g/mol. The quantitative estimate of drug-likeness (QED) is 0.765. The zero-order valence-corrected chi connectivity index (χ0v) is 12.4. The minimum absolute atomic E-state index is 0.639. The monoisotopic (exact) mass is 324 g/mol. The molecule has 102 valence electrons. The van der Waals surface area contributed by atoms with Gasteiger partial charge in [0.25, 0.3) is 0 Å². The SMILES string of the molecule is CCNc1ncc(Br)c(NCCCn2cccn2)n1. The molecule has 0 radical (unpaired) electrons. The summed E-state index contributed by atoms with van der Waals surface area (Å²) < 4.78 is 2.79. The molecule has 0 amide bonds. The summed E-state index contributed by atoms with van der Waals surface area (Å²) in [5.74, 6) is 1.45. The van der Waals surface area contributed by atoms with E-state index in [2.05, 4.69) is 41.6 Å². The van der Waals surface area contributed by atoms with Crippen LogP contribution in [0.15, 0.2) is 29.1 Å². The van der Waals surface area contributed by atoms with E-state index in [4.69, 9.17) is 0 Å². The molecule has 0 spiro atoms. The number of hydrogen-bond acceptors (Lipinski definition) is 5. The van der Waals surface area contributed by atoms with Crippen LogP contribution in [0.5, 0.6) is 0 Å². The molecule has 0 aliphatic carbocycles. The molecule has 2 rings (SSSR count). The molecule has 0 saturated heterocycles. The second-order valence-electron chi connectivity index (χ2n) is 3.97. The molecule has 0 aliphatic rings. The van der Waals surface area contributed by atoms with Crippen LogP contribution in [0.1, 0.15) is 13.3 Å². The molecule has 2 heterocycles. The molecule has 0 aromatic carbocycles. The number of hydrogen-bond donors (Lipinski definition) is 2. The van der Waals surface area contributed by atoms with E-state index in [0.29, 0.717) is 5.95 Å². The van der Waals surface area contributed by atoms with Crippen LogP contribution in [0.25, 0.3) is 0 Å². The first-order valence-electron chi connectivity index (χ1n) is 6.27. The molecule has 0 unspecified atom stereocenters. The summed E-state index contributed by atoms with van der Waals surface area (Å²) in [6.45, 7) is 4.55. The lowest BCUT2D eigenvalue weighted by Gasteiger charge is -2.09. The second-order valence-corrected chi connectivity index (χ2v) is 4.82. The zero-order valence-electron chi connectivity index (χ0n) is 10.8. The Morgan fingerprint density at radius 3 is 3.00 bits per heavy atom. The van der Waals surface area contributed by atoms with Gasteiger partial charge in [0, 0.05) is 38.2 Å². The molecule has 19 heavy (non-hydrogen) atoms. The number of nitrogens with zero attached hydrogens (tertiary/aromatic N) is 4. The summed E-state index contributed by atoms with van der Waals surface area (Å²) in [5.41, 5.74) is 0. The number of aryl methyl sites for hydroxylation is 1. The van der Waals surface area contributed by atoms with Crippen molar-refractivity contribution in [1.29, 1.82) is 0 Å². The predicted octanol–water partition coefficient (Wildman–Crippen LogP) is 2.37. The van der Waals surface area contributed by atoms with Crippen molar-refractivity contribution in [2.45, 2.75) is 19.9 Å². The van der Waals surface area contributed by atoms with Crippen LogP contribution in [-0.4, -0.2) is 32.8 Å². The largest absolute Gasteiger partial charge is 0.369 e. The Hall–Kier alpha value is -1.63. The predicted molar refractivity (Wildman–Crippen MR) is 79.2 cm³/mol. The van der Waals surface area contributed by atoms with Crippen LogP contribution in [0, 0.1) is 0 Å². The maximum absolute atomic E-state index is 4.39. The smallest absolute Gasteiger partial charge is 0.224 e. The highest BCUT2D eigenvalue weighted by Gasteiger charge is 2.03. The van der Waals surface area contributed by atoms with Crippen LogP contribution < -0.4 is 10.6 Å². The maximum Gasteiger partial charge on any atom is 0.224 e. The van der Waals surface area contributed by atoms with Gasteiger partial charge in [-0.05, 0) is 35.3 Å². The highest BCUT2D eigenvalue weighted by atomic mass is 79.9. The molecule has 0 atom stereocenters. The van der Waals surface area contributed by atoms with Crippen molar-refractivity contribution in [2.75, 3.05) is 23.7 Å². The molecule has 7 heteroatoms. The average Bonchev–Trinajstić information content (AvgIpc) is 2.91. The summed E-state index contributed by atoms with van der Waals surface area (Å²) in [6, 6.07) is 1.93. The van der Waals surface area contributed by atoms with Gasteiger partial charge >= 0.3 is 0 Å². The number of aromatic nitrogens is 4. The van der Waals surface area contributed by atoms with Gasteiger partial charge < -0.3 is 10.6 Å². The summed E-state index contributed by atoms with van der Waals surface area (Å²) >= 11 is 3.44. The summed E-state index contributed by atoms with van der Waals surface area (Å²) in [4.78, 5) is 8.57. The van der Waals surface area contributed by atoms with E-state index in [1.807, 2.05) is 23.9 Å². The Kier molecular flexibility index (Phi) is 5.14. The van der Waals surface area contributed by atoms with Gasteiger partial charge in [0.05, 0.1) is 4.47 Å². The number of rotatable bonds is 7. The Morgan fingerprint density at radius 2 is 2.26 bits per heavy atom. The third-order valence-electron chi connectivity index (χ3n) is 2.49. The molecule has 2 aromatic heterocycles. The molecule has 2 N–H and O–H groups in total. The lowest BCUT2D eigenvalue weighted by Crippen LogP contribution is -2.10. The first-order valence-corrected chi connectivity index (χ1v) is 7.06. The fourth-order valence-corrected chi connectivity index (χ4v) is 1.95. The third-order valence-corrected chi connectivity index (χ3v) is 3.07. The van der Waals surface area contributed by atoms with Crippen molar-refractivity contribution >= 4 is 27.7 Å². The molecule has 6 nitrogen and oxygen atoms in total. The van der Waals surface area contributed by atoms with Crippen molar-refractivity contribution in [1.82, 2.24) is 19.7 Å². The van der Waals surface area contributed by atoms with E-state index >= 15 is 0 Å². The molecule has 0 fully saturated rings. The van der Waals surface area contributed by atoms with Gasteiger partial charge in [0.15, 0.2) is 0 Å². The molecule has 0 aliphatic heterocycles. The highest BCUT2D eigenvalue weighted by molar-refractivity contribution is 9.10. The standard InChI is InChI=1S/C12H17BrN6/c1-2-14-12-16-9-10(13)11(18-12)15-5-3-7-19-8-4-6-17-19/h4,6,8-9H,2-3,5,7H2,1H3,(H2,14,15,16,18). The summed E-state index contributed by atoms with van der Waals surface area (Å²) in [6.07, 6.45) is 6.48. The normalized spacial score (nSPS) is 10.4. The van der Waals surface area contributed by atoms with Gasteiger partial charge in [0.1, 0.15) is 5.82 Å². The topological polar surface area (TPSA) is 67.7 Å². The van der Waals surface area contributed by atoms with Crippen LogP contribution in [0.3, 0.4) is 0 Å². The van der Waals surface area contributed by atoms with E-state index < -0.39 is 0 Å². The number of halogens is 1. The Balaban J connectivity index is 1.83. The number of nitrogens with one attached hydrogen (secondary N) is 2. The second kappa shape index (κ2) is 7.08. The van der Waals surface area contributed by atoms with Crippen molar-refractivity contribution in [3.63, 3.8) is 0 Å². The zero-order chi connectivity index (χ0) is 13.5. The van der Waals surface area contributed by atoms with Gasteiger partial charge in [0.2, 0.25) is 5.95 Å². The van der Waals surface area contributed by atoms with Crippen LogP contribution in [0.4, 0.5) is 11.8 Å². The van der Waals surface area contributed by atoms with E-state index in [1.54, 1.807) is 12.4 Å². The number of anilines is 2. The van der Waals surface area contributed by atoms with Crippen LogP contribution in [-0.2, 0) is 6.54 Å². The molecular weight excluding hydrogens is 308 g/mol. The third kappa shape index (κ3) is 4.20. The lowest BCUT2D eigenvalue weighted by atomic mass is 10.4. The van der Waals surface area contributed by atoms with Crippen LogP contribution in [0.2, 0.25) is 0 Å². The Bertz CT molecular complexity index is 499. The van der Waals surface area contributed by atoms with E-state index in [-0.39, 0.29) is 0 Å². The first kappa shape index (κ1) is 13.8. The van der Waals surface area contributed by atoms with Crippen LogP contribution >= 0.6 is 15.9 Å². The van der Waals surface area contributed by atoms with Gasteiger partial charge in [-0.2, -0.15) is 10.1 Å². The minimum atomic E-state index is 0.639. The van der Waals surface area contributed by atoms with Gasteiger partial charge in [-0.3, -0.25) is 4.68 Å². The van der Waals surface area contributed by atoms with Crippen molar-refractivity contribution in [3.05, 3.63) is 29.1 Å². The van der Waals surface area contributed by atoms with E-state index in [0.717, 1.165) is 36.3 Å². The molecule has 2 aromatic rings. The van der Waals surface area contributed by atoms with Gasteiger partial charge in [-0.25, -0.2) is 4.98 Å². The Morgan fingerprint density at radius 1 is 1.37 bits per heavy atom. The summed E-state index contributed by atoms with van der Waals surface area (Å²) in [5, 5.41) is 10.5. The van der Waals surface area contributed by atoms with E-state index in [9.17, 15) is 0 Å². The fraction of sp³-hybridized carbons (Fsp3) is 0.417. The van der Waals surface area contributed by atoms with Crippen molar-refractivity contribution in [2.24, 2.45) is 0 Å². The first-order chi connectivity index (χ1) is 9.29. The maximum atomic E-state index is 4.39. The molecule has 0 bridgehead atoms. The van der Waals surface area contributed by atoms with Gasteiger partial charge in [-0.1, -0.05) is 0 Å². The fourth-order valence-electron chi connectivity index (χ4n) is 1.61. The molecule has 0 saturated carbocycles.